The van der Waals surface area contributed by atoms with Crippen LogP contribution in [-0.4, -0.2) is 55.3 Å². The molecule has 1 heterocycles. The van der Waals surface area contributed by atoms with Gasteiger partial charge in [0.05, 0.1) is 0 Å². The van der Waals surface area contributed by atoms with E-state index in [0.29, 0.717) is 6.04 Å². The second-order valence-corrected chi connectivity index (χ2v) is 6.01. The average molecular weight is 246 g/mol. The third-order valence-corrected chi connectivity index (χ3v) is 4.19. The lowest BCUT2D eigenvalue weighted by molar-refractivity contribution is 0.0363. The van der Waals surface area contributed by atoms with Crippen LogP contribution >= 0.6 is 11.8 Å². The molecule has 1 saturated heterocycles. The molecule has 96 valence electrons. The molecule has 0 bridgehead atoms. The van der Waals surface area contributed by atoms with Crippen molar-refractivity contribution in [3.05, 3.63) is 0 Å². The van der Waals surface area contributed by atoms with Gasteiger partial charge in [-0.05, 0) is 45.2 Å². The molecule has 16 heavy (non-hydrogen) atoms. The first-order chi connectivity index (χ1) is 7.57. The molecule has 1 aliphatic rings. The zero-order chi connectivity index (χ0) is 12.0. The van der Waals surface area contributed by atoms with Gasteiger partial charge in [0, 0.05) is 31.3 Å². The van der Waals surface area contributed by atoms with Gasteiger partial charge < -0.3 is 15.4 Å². The summed E-state index contributed by atoms with van der Waals surface area (Å²) in [5.41, 5.74) is 6.37. The highest BCUT2D eigenvalue weighted by Gasteiger charge is 2.30. The van der Waals surface area contributed by atoms with E-state index in [1.807, 2.05) is 11.8 Å². The first kappa shape index (κ1) is 14.3. The van der Waals surface area contributed by atoms with Gasteiger partial charge in [-0.15, -0.1) is 0 Å². The molecule has 1 atom stereocenters. The van der Waals surface area contributed by atoms with Crippen LogP contribution < -0.4 is 5.73 Å². The van der Waals surface area contributed by atoms with Crippen molar-refractivity contribution < 1.29 is 4.74 Å². The van der Waals surface area contributed by atoms with Crippen molar-refractivity contribution in [3.63, 3.8) is 0 Å². The number of nitrogens with two attached hydrogens (primary N) is 1. The minimum atomic E-state index is -0.0272. The SMILES string of the molecule is CSCCC(C)N(C)CC1(N)CCOCC1. The highest BCUT2D eigenvalue weighted by atomic mass is 32.2. The van der Waals surface area contributed by atoms with E-state index in [1.165, 1.54) is 12.2 Å². The van der Waals surface area contributed by atoms with Crippen LogP contribution in [-0.2, 0) is 4.74 Å². The largest absolute Gasteiger partial charge is 0.381 e. The van der Waals surface area contributed by atoms with Crippen LogP contribution in [0.3, 0.4) is 0 Å². The van der Waals surface area contributed by atoms with E-state index >= 15 is 0 Å². The molecule has 4 heteroatoms. The van der Waals surface area contributed by atoms with Crippen LogP contribution in [0.25, 0.3) is 0 Å². The van der Waals surface area contributed by atoms with Gasteiger partial charge in [0.25, 0.3) is 0 Å². The third-order valence-electron chi connectivity index (χ3n) is 3.55. The molecule has 1 unspecified atom stereocenters. The molecule has 0 aromatic rings. The molecule has 2 N–H and O–H groups in total. The summed E-state index contributed by atoms with van der Waals surface area (Å²) in [4.78, 5) is 2.40. The smallest absolute Gasteiger partial charge is 0.0484 e. The summed E-state index contributed by atoms with van der Waals surface area (Å²) in [7, 11) is 2.19. The predicted molar refractivity (Wildman–Crippen MR) is 72.1 cm³/mol. The zero-order valence-corrected chi connectivity index (χ0v) is 11.7. The number of nitrogens with zero attached hydrogens (tertiary/aromatic N) is 1. The van der Waals surface area contributed by atoms with Crippen LogP contribution in [0.15, 0.2) is 0 Å². The standard InChI is InChI=1S/C12H26N2OS/c1-11(4-9-16-3)14(2)10-12(13)5-7-15-8-6-12/h11H,4-10,13H2,1-3H3. The van der Waals surface area contributed by atoms with E-state index in [4.69, 9.17) is 10.5 Å². The van der Waals surface area contributed by atoms with Crippen molar-refractivity contribution in [1.29, 1.82) is 0 Å². The number of likely N-dealkylation sites (N-methyl/N-ethyl adjacent to an activating group) is 1. The minimum Gasteiger partial charge on any atom is -0.381 e. The van der Waals surface area contributed by atoms with E-state index in [-0.39, 0.29) is 5.54 Å². The lowest BCUT2D eigenvalue weighted by Gasteiger charge is -2.38. The normalized spacial score (nSPS) is 22.3. The van der Waals surface area contributed by atoms with Crippen molar-refractivity contribution >= 4 is 11.8 Å². The summed E-state index contributed by atoms with van der Waals surface area (Å²) in [5.74, 6) is 1.23. The summed E-state index contributed by atoms with van der Waals surface area (Å²) < 4.78 is 5.37. The Hall–Kier alpha value is 0.230. The summed E-state index contributed by atoms with van der Waals surface area (Å²) >= 11 is 1.91. The van der Waals surface area contributed by atoms with Crippen molar-refractivity contribution in [1.82, 2.24) is 4.90 Å². The minimum absolute atomic E-state index is 0.0272. The van der Waals surface area contributed by atoms with E-state index in [0.717, 1.165) is 32.6 Å². The van der Waals surface area contributed by atoms with Gasteiger partial charge >= 0.3 is 0 Å². The topological polar surface area (TPSA) is 38.5 Å². The lowest BCUT2D eigenvalue weighted by atomic mass is 9.90. The van der Waals surface area contributed by atoms with Gasteiger partial charge in [-0.25, -0.2) is 0 Å². The number of hydrogen-bond donors (Lipinski definition) is 1. The van der Waals surface area contributed by atoms with Crippen LogP contribution in [0.5, 0.6) is 0 Å². The summed E-state index contributed by atoms with van der Waals surface area (Å²) in [6, 6.07) is 0.621. The van der Waals surface area contributed by atoms with E-state index in [1.54, 1.807) is 0 Å². The Balaban J connectivity index is 2.33. The van der Waals surface area contributed by atoms with Crippen molar-refractivity contribution in [2.24, 2.45) is 5.73 Å². The monoisotopic (exact) mass is 246 g/mol. The fourth-order valence-electron chi connectivity index (χ4n) is 2.10. The maximum atomic E-state index is 6.40. The Labute approximate surface area is 104 Å². The zero-order valence-electron chi connectivity index (χ0n) is 10.9. The number of hydrogen-bond acceptors (Lipinski definition) is 4. The summed E-state index contributed by atoms with van der Waals surface area (Å²) in [6.07, 6.45) is 5.39. The number of rotatable bonds is 6. The van der Waals surface area contributed by atoms with Gasteiger partial charge in [-0.3, -0.25) is 0 Å². The van der Waals surface area contributed by atoms with E-state index in [2.05, 4.69) is 25.1 Å². The molecule has 0 amide bonds. The first-order valence-corrected chi connectivity index (χ1v) is 7.52. The van der Waals surface area contributed by atoms with Crippen LogP contribution in [0.4, 0.5) is 0 Å². The first-order valence-electron chi connectivity index (χ1n) is 6.13. The molecular weight excluding hydrogens is 220 g/mol. The van der Waals surface area contributed by atoms with Gasteiger partial charge in [0.1, 0.15) is 0 Å². The molecule has 0 saturated carbocycles. The highest BCUT2D eigenvalue weighted by molar-refractivity contribution is 7.98. The Kier molecular flexibility index (Phi) is 6.11. The third kappa shape index (κ3) is 4.62. The molecule has 1 fully saturated rings. The molecule has 3 nitrogen and oxygen atoms in total. The van der Waals surface area contributed by atoms with Crippen molar-refractivity contribution in [2.45, 2.75) is 37.8 Å². The molecular formula is C12H26N2OS. The van der Waals surface area contributed by atoms with Crippen molar-refractivity contribution in [2.75, 3.05) is 38.8 Å². The average Bonchev–Trinajstić information content (AvgIpc) is 2.26. The quantitative estimate of drug-likeness (QED) is 0.772. The lowest BCUT2D eigenvalue weighted by Crippen LogP contribution is -2.54. The fourth-order valence-corrected chi connectivity index (χ4v) is 2.67. The van der Waals surface area contributed by atoms with E-state index in [9.17, 15) is 0 Å². The second-order valence-electron chi connectivity index (χ2n) is 5.02. The maximum Gasteiger partial charge on any atom is 0.0484 e. The summed E-state index contributed by atoms with van der Waals surface area (Å²) in [5, 5.41) is 0. The van der Waals surface area contributed by atoms with Crippen LogP contribution in [0.1, 0.15) is 26.2 Å². The molecule has 1 rings (SSSR count). The Bertz CT molecular complexity index is 195. The molecule has 0 aliphatic carbocycles. The number of ether oxygens (including phenoxy) is 1. The fraction of sp³-hybridized carbons (Fsp3) is 1.00. The van der Waals surface area contributed by atoms with Gasteiger partial charge in [-0.2, -0.15) is 11.8 Å². The Morgan fingerprint density at radius 2 is 2.06 bits per heavy atom. The van der Waals surface area contributed by atoms with Crippen LogP contribution in [0, 0.1) is 0 Å². The number of thioether (sulfide) groups is 1. The van der Waals surface area contributed by atoms with Gasteiger partial charge in [-0.1, -0.05) is 0 Å². The predicted octanol–water partition coefficient (Wildman–Crippen LogP) is 1.57. The van der Waals surface area contributed by atoms with Gasteiger partial charge in [0.15, 0.2) is 0 Å². The van der Waals surface area contributed by atoms with E-state index < -0.39 is 0 Å². The molecule has 1 aliphatic heterocycles. The van der Waals surface area contributed by atoms with Crippen LogP contribution in [0.2, 0.25) is 0 Å². The molecule has 0 radical (unpaired) electrons. The molecule has 0 aromatic carbocycles. The highest BCUT2D eigenvalue weighted by Crippen LogP contribution is 2.20. The second kappa shape index (κ2) is 6.84. The van der Waals surface area contributed by atoms with Gasteiger partial charge in [0.2, 0.25) is 0 Å². The Morgan fingerprint density at radius 1 is 1.44 bits per heavy atom. The summed E-state index contributed by atoms with van der Waals surface area (Å²) in [6.45, 7) is 4.93. The Morgan fingerprint density at radius 3 is 2.62 bits per heavy atom. The van der Waals surface area contributed by atoms with Crippen molar-refractivity contribution in [3.8, 4) is 0 Å². The molecule has 0 spiro atoms. The maximum absolute atomic E-state index is 6.40. The molecule has 0 aromatic heterocycles.